The van der Waals surface area contributed by atoms with Gasteiger partial charge in [-0.3, -0.25) is 4.55 Å². The standard InChI is InChI=1S/C19H18N6O6S3/c1-11-17(22-23-19-21-15-10-14(34(29,30)31)5-6-16(15)32-19)18(20)25(24-11)12-3-2-4-13(9-12)33(27,28)8-7-26/h2-6,9-10,26H,7-8,20H2,1H3,(H,29,30,31). The quantitative estimate of drug-likeness (QED) is 0.242. The van der Waals surface area contributed by atoms with E-state index in [9.17, 15) is 21.4 Å². The number of hydrogen-bond acceptors (Lipinski definition) is 11. The van der Waals surface area contributed by atoms with Crippen LogP contribution in [0.3, 0.4) is 0 Å². The minimum Gasteiger partial charge on any atom is -0.395 e. The second kappa shape index (κ2) is 8.84. The van der Waals surface area contributed by atoms with Crippen molar-refractivity contribution in [1.29, 1.82) is 0 Å². The number of fused-ring (bicyclic) bond motifs is 1. The van der Waals surface area contributed by atoms with E-state index in [4.69, 9.17) is 10.8 Å². The Morgan fingerprint density at radius 3 is 2.56 bits per heavy atom. The number of nitrogens with two attached hydrogens (primary N) is 1. The Morgan fingerprint density at radius 1 is 1.09 bits per heavy atom. The first-order valence-corrected chi connectivity index (χ1v) is 13.5. The number of thiazole rings is 1. The third kappa shape index (κ3) is 4.69. The average molecular weight is 523 g/mol. The number of azo groups is 1. The molecule has 0 amide bonds. The van der Waals surface area contributed by atoms with Gasteiger partial charge in [-0.25, -0.2) is 18.1 Å². The van der Waals surface area contributed by atoms with Gasteiger partial charge in [-0.05, 0) is 43.3 Å². The lowest BCUT2D eigenvalue weighted by Crippen LogP contribution is -2.11. The molecule has 4 rings (SSSR count). The number of aliphatic hydroxyl groups excluding tert-OH is 1. The van der Waals surface area contributed by atoms with Gasteiger partial charge in [0, 0.05) is 0 Å². The SMILES string of the molecule is Cc1nn(-c2cccc(S(=O)(=O)CCO)c2)c(N)c1N=Nc1nc2cc(S(=O)(=O)O)ccc2s1. The van der Waals surface area contributed by atoms with E-state index in [2.05, 4.69) is 20.3 Å². The molecule has 4 aromatic rings. The second-order valence-corrected chi connectivity index (χ2v) is 11.6. The van der Waals surface area contributed by atoms with Gasteiger partial charge in [0.25, 0.3) is 10.1 Å². The first-order chi connectivity index (χ1) is 16.0. The van der Waals surface area contributed by atoms with Crippen LogP contribution in [0.2, 0.25) is 0 Å². The number of anilines is 1. The van der Waals surface area contributed by atoms with Crippen LogP contribution >= 0.6 is 11.3 Å². The van der Waals surface area contributed by atoms with Gasteiger partial charge in [-0.2, -0.15) is 13.5 Å². The summed E-state index contributed by atoms with van der Waals surface area (Å²) < 4.78 is 58.4. The molecule has 2 heterocycles. The van der Waals surface area contributed by atoms with Crippen LogP contribution in [0.4, 0.5) is 16.6 Å². The molecule has 2 aromatic heterocycles. The molecule has 0 aliphatic heterocycles. The molecule has 4 N–H and O–H groups in total. The zero-order chi connectivity index (χ0) is 24.7. The number of benzene rings is 2. The van der Waals surface area contributed by atoms with Crippen LogP contribution < -0.4 is 5.73 Å². The van der Waals surface area contributed by atoms with Crippen molar-refractivity contribution in [3.8, 4) is 5.69 Å². The molecule has 178 valence electrons. The number of hydrogen-bond donors (Lipinski definition) is 3. The fraction of sp³-hybridized carbons (Fsp3) is 0.158. The molecule has 0 unspecified atom stereocenters. The summed E-state index contributed by atoms with van der Waals surface area (Å²) >= 11 is 1.16. The smallest absolute Gasteiger partial charge is 0.294 e. The normalized spacial score (nSPS) is 12.7. The predicted octanol–water partition coefficient (Wildman–Crippen LogP) is 2.80. The lowest BCUT2D eigenvalue weighted by molar-refractivity contribution is 0.319. The van der Waals surface area contributed by atoms with Crippen LogP contribution in [0, 0.1) is 6.92 Å². The molecule has 0 saturated heterocycles. The number of sulfone groups is 1. The van der Waals surface area contributed by atoms with Crippen molar-refractivity contribution < 1.29 is 26.5 Å². The topological polar surface area (TPSA) is 190 Å². The van der Waals surface area contributed by atoms with Gasteiger partial charge in [-0.1, -0.05) is 17.4 Å². The van der Waals surface area contributed by atoms with Gasteiger partial charge < -0.3 is 10.8 Å². The summed E-state index contributed by atoms with van der Waals surface area (Å²) in [5, 5.41) is 21.8. The highest BCUT2D eigenvalue weighted by atomic mass is 32.2. The lowest BCUT2D eigenvalue weighted by atomic mass is 10.3. The van der Waals surface area contributed by atoms with Crippen molar-refractivity contribution in [2.24, 2.45) is 10.2 Å². The summed E-state index contributed by atoms with van der Waals surface area (Å²) in [6.45, 7) is 1.16. The lowest BCUT2D eigenvalue weighted by Gasteiger charge is -2.07. The van der Waals surface area contributed by atoms with Crippen molar-refractivity contribution in [3.63, 3.8) is 0 Å². The molecule has 0 atom stereocenters. The molecule has 0 spiro atoms. The van der Waals surface area contributed by atoms with E-state index >= 15 is 0 Å². The number of aryl methyl sites for hydroxylation is 1. The van der Waals surface area contributed by atoms with E-state index in [1.807, 2.05) is 0 Å². The van der Waals surface area contributed by atoms with Crippen LogP contribution in [-0.2, 0) is 20.0 Å². The van der Waals surface area contributed by atoms with Crippen molar-refractivity contribution in [1.82, 2.24) is 14.8 Å². The number of rotatable bonds is 7. The fourth-order valence-electron chi connectivity index (χ4n) is 3.10. The van der Waals surface area contributed by atoms with Crippen molar-refractivity contribution in [3.05, 3.63) is 48.2 Å². The van der Waals surface area contributed by atoms with E-state index in [1.54, 1.807) is 19.1 Å². The van der Waals surface area contributed by atoms with Gasteiger partial charge in [0.2, 0.25) is 5.13 Å². The van der Waals surface area contributed by atoms with E-state index in [-0.39, 0.29) is 26.4 Å². The van der Waals surface area contributed by atoms with Gasteiger partial charge in [0.1, 0.15) is 0 Å². The number of nitrogen functional groups attached to an aromatic ring is 1. The minimum atomic E-state index is -4.36. The van der Waals surface area contributed by atoms with E-state index in [0.717, 1.165) is 11.3 Å². The monoisotopic (exact) mass is 522 g/mol. The van der Waals surface area contributed by atoms with Crippen LogP contribution in [0.5, 0.6) is 0 Å². The molecule has 0 radical (unpaired) electrons. The highest BCUT2D eigenvalue weighted by Crippen LogP contribution is 2.34. The highest BCUT2D eigenvalue weighted by Gasteiger charge is 2.18. The molecular formula is C19H18N6O6S3. The Hall–Kier alpha value is -3.24. The van der Waals surface area contributed by atoms with Crippen molar-refractivity contribution in [2.75, 3.05) is 18.1 Å². The predicted molar refractivity (Wildman–Crippen MR) is 125 cm³/mol. The van der Waals surface area contributed by atoms with Crippen LogP contribution in [0.25, 0.3) is 15.9 Å². The molecule has 0 bridgehead atoms. The summed E-state index contributed by atoms with van der Waals surface area (Å²) in [5.41, 5.74) is 7.61. The highest BCUT2D eigenvalue weighted by molar-refractivity contribution is 7.91. The van der Waals surface area contributed by atoms with Gasteiger partial charge in [-0.15, -0.1) is 10.2 Å². The molecule has 0 aliphatic carbocycles. The molecule has 12 nitrogen and oxygen atoms in total. The summed E-state index contributed by atoms with van der Waals surface area (Å²) in [7, 11) is -8.02. The maximum Gasteiger partial charge on any atom is 0.294 e. The van der Waals surface area contributed by atoms with Crippen LogP contribution in [0.1, 0.15) is 5.69 Å². The van der Waals surface area contributed by atoms with Crippen LogP contribution in [0.15, 0.2) is 62.5 Å². The van der Waals surface area contributed by atoms with E-state index < -0.39 is 32.3 Å². The third-order valence-corrected chi connectivity index (χ3v) is 8.19. The van der Waals surface area contributed by atoms with E-state index in [1.165, 1.54) is 35.0 Å². The van der Waals surface area contributed by atoms with Gasteiger partial charge in [0.05, 0.1) is 43.7 Å². The number of aliphatic hydroxyl groups is 1. The molecule has 34 heavy (non-hydrogen) atoms. The summed E-state index contributed by atoms with van der Waals surface area (Å²) in [6.07, 6.45) is 0. The molecule has 0 aliphatic rings. The third-order valence-electron chi connectivity index (χ3n) is 4.73. The average Bonchev–Trinajstić information content (AvgIpc) is 3.31. The Labute approximate surface area is 198 Å². The number of aromatic nitrogens is 3. The number of nitrogens with zero attached hydrogens (tertiary/aromatic N) is 5. The fourth-order valence-corrected chi connectivity index (χ4v) is 5.43. The Bertz CT molecular complexity index is 1640. The summed E-state index contributed by atoms with van der Waals surface area (Å²) in [5.74, 6) is -0.287. The zero-order valence-electron chi connectivity index (χ0n) is 17.5. The Kier molecular flexibility index (Phi) is 6.22. The van der Waals surface area contributed by atoms with Gasteiger partial charge >= 0.3 is 0 Å². The maximum absolute atomic E-state index is 12.3. The van der Waals surface area contributed by atoms with E-state index in [0.29, 0.717) is 21.6 Å². The maximum atomic E-state index is 12.3. The minimum absolute atomic E-state index is 0.0218. The Morgan fingerprint density at radius 2 is 1.85 bits per heavy atom. The first-order valence-electron chi connectivity index (χ1n) is 9.58. The molecule has 2 aromatic carbocycles. The Balaban J connectivity index is 1.67. The molecule has 15 heteroatoms. The van der Waals surface area contributed by atoms with Crippen LogP contribution in [-0.4, -0.2) is 53.6 Å². The summed E-state index contributed by atoms with van der Waals surface area (Å²) in [6, 6.07) is 9.98. The zero-order valence-corrected chi connectivity index (χ0v) is 20.0. The van der Waals surface area contributed by atoms with Gasteiger partial charge in [0.15, 0.2) is 21.3 Å². The molecular weight excluding hydrogens is 504 g/mol. The van der Waals surface area contributed by atoms with Crippen molar-refractivity contribution >= 4 is 58.1 Å². The largest absolute Gasteiger partial charge is 0.395 e. The second-order valence-electron chi connectivity index (χ2n) is 7.07. The van der Waals surface area contributed by atoms with Crippen molar-refractivity contribution in [2.45, 2.75) is 16.7 Å². The molecule has 0 fully saturated rings. The first kappa shape index (κ1) is 23.9. The summed E-state index contributed by atoms with van der Waals surface area (Å²) in [4.78, 5) is 3.95. The molecule has 0 saturated carbocycles.